The zero-order valence-corrected chi connectivity index (χ0v) is 10.7. The maximum atomic E-state index is 12.0. The Labute approximate surface area is 102 Å². The van der Waals surface area contributed by atoms with E-state index in [-0.39, 0.29) is 6.42 Å². The first-order valence-electron chi connectivity index (χ1n) is 6.39. The summed E-state index contributed by atoms with van der Waals surface area (Å²) in [6.07, 6.45) is -3.32. The molecule has 2 nitrogen and oxygen atoms in total. The molecule has 1 saturated heterocycles. The second-order valence-electron chi connectivity index (χ2n) is 5.24. The van der Waals surface area contributed by atoms with Crippen LogP contribution in [0.1, 0.15) is 33.1 Å². The monoisotopic (exact) mass is 252 g/mol. The van der Waals surface area contributed by atoms with Crippen LogP contribution >= 0.6 is 0 Å². The molecule has 5 heteroatoms. The molecule has 1 rings (SSSR count). The molecular weight excluding hydrogens is 229 g/mol. The van der Waals surface area contributed by atoms with Crippen LogP contribution in [-0.2, 0) is 0 Å². The van der Waals surface area contributed by atoms with E-state index in [1.165, 1.54) is 0 Å². The van der Waals surface area contributed by atoms with Crippen molar-refractivity contribution in [3.63, 3.8) is 0 Å². The summed E-state index contributed by atoms with van der Waals surface area (Å²) in [7, 11) is 0. The van der Waals surface area contributed by atoms with Gasteiger partial charge in [-0.2, -0.15) is 13.2 Å². The lowest BCUT2D eigenvalue weighted by Gasteiger charge is -2.17. The van der Waals surface area contributed by atoms with Gasteiger partial charge in [0.15, 0.2) is 0 Å². The second-order valence-corrected chi connectivity index (χ2v) is 5.24. The van der Waals surface area contributed by atoms with E-state index in [2.05, 4.69) is 24.1 Å². The number of rotatable bonds is 6. The number of alkyl halides is 3. The fraction of sp³-hybridized carbons (Fsp3) is 1.00. The summed E-state index contributed by atoms with van der Waals surface area (Å²) in [5, 5.41) is 3.38. The van der Waals surface area contributed by atoms with Crippen molar-refractivity contribution in [2.45, 2.75) is 45.3 Å². The van der Waals surface area contributed by atoms with Gasteiger partial charge in [0.05, 0.1) is 0 Å². The number of nitrogens with zero attached hydrogens (tertiary/aromatic N) is 1. The van der Waals surface area contributed by atoms with Crippen molar-refractivity contribution in [2.24, 2.45) is 5.92 Å². The highest BCUT2D eigenvalue weighted by Gasteiger charge is 2.28. The van der Waals surface area contributed by atoms with Crippen molar-refractivity contribution in [1.29, 1.82) is 0 Å². The zero-order valence-electron chi connectivity index (χ0n) is 10.7. The van der Waals surface area contributed by atoms with E-state index in [0.717, 1.165) is 26.1 Å². The summed E-state index contributed by atoms with van der Waals surface area (Å²) in [4.78, 5) is 2.15. The van der Waals surface area contributed by atoms with Gasteiger partial charge < -0.3 is 10.2 Å². The largest absolute Gasteiger partial charge is 0.389 e. The highest BCUT2D eigenvalue weighted by molar-refractivity contribution is 4.77. The maximum absolute atomic E-state index is 12.0. The molecule has 1 aliphatic heterocycles. The summed E-state index contributed by atoms with van der Waals surface area (Å²) < 4.78 is 36.0. The first-order chi connectivity index (χ1) is 7.87. The van der Waals surface area contributed by atoms with Gasteiger partial charge in [-0.05, 0) is 38.4 Å². The predicted molar refractivity (Wildman–Crippen MR) is 63.0 cm³/mol. The van der Waals surface area contributed by atoms with Crippen LogP contribution in [0.15, 0.2) is 0 Å². The molecule has 1 unspecified atom stereocenters. The number of hydrogen-bond acceptors (Lipinski definition) is 2. The normalized spacial score (nSPS) is 22.6. The molecule has 0 aliphatic carbocycles. The van der Waals surface area contributed by atoms with Gasteiger partial charge in [0, 0.05) is 19.0 Å². The van der Waals surface area contributed by atoms with Crippen molar-refractivity contribution >= 4 is 0 Å². The molecule has 0 saturated carbocycles. The molecule has 0 radical (unpaired) electrons. The van der Waals surface area contributed by atoms with E-state index in [0.29, 0.717) is 18.5 Å². The Morgan fingerprint density at radius 2 is 2.06 bits per heavy atom. The van der Waals surface area contributed by atoms with Crippen LogP contribution in [0.4, 0.5) is 13.2 Å². The van der Waals surface area contributed by atoms with Gasteiger partial charge >= 0.3 is 6.18 Å². The fourth-order valence-corrected chi connectivity index (χ4v) is 2.19. The summed E-state index contributed by atoms with van der Waals surface area (Å²) in [5.74, 6) is 0.600. The average molecular weight is 252 g/mol. The Kier molecular flexibility index (Phi) is 5.73. The number of hydrogen-bond donors (Lipinski definition) is 1. The van der Waals surface area contributed by atoms with Crippen molar-refractivity contribution < 1.29 is 13.2 Å². The molecule has 1 fully saturated rings. The van der Waals surface area contributed by atoms with Crippen LogP contribution in [0, 0.1) is 5.92 Å². The molecule has 102 valence electrons. The summed E-state index contributed by atoms with van der Waals surface area (Å²) >= 11 is 0. The molecule has 1 N–H and O–H groups in total. The number of likely N-dealkylation sites (tertiary alicyclic amines) is 1. The molecule has 0 aromatic rings. The molecule has 0 aromatic carbocycles. The summed E-state index contributed by atoms with van der Waals surface area (Å²) in [6.45, 7) is 7.66. The Morgan fingerprint density at radius 3 is 2.65 bits per heavy atom. The topological polar surface area (TPSA) is 15.3 Å². The van der Waals surface area contributed by atoms with E-state index in [1.54, 1.807) is 0 Å². The highest BCUT2D eigenvalue weighted by Crippen LogP contribution is 2.22. The van der Waals surface area contributed by atoms with Crippen LogP contribution in [0.5, 0.6) is 0 Å². The third-order valence-electron chi connectivity index (χ3n) is 3.12. The van der Waals surface area contributed by atoms with Crippen molar-refractivity contribution in [3.05, 3.63) is 0 Å². The minimum atomic E-state index is -4.00. The predicted octanol–water partition coefficient (Wildman–Crippen LogP) is 2.65. The van der Waals surface area contributed by atoms with Crippen LogP contribution in [0.3, 0.4) is 0 Å². The molecule has 0 amide bonds. The van der Waals surface area contributed by atoms with Crippen molar-refractivity contribution in [3.8, 4) is 0 Å². The second kappa shape index (κ2) is 6.59. The lowest BCUT2D eigenvalue weighted by Crippen LogP contribution is -2.31. The molecule has 0 spiro atoms. The molecule has 0 aromatic heterocycles. The van der Waals surface area contributed by atoms with Gasteiger partial charge in [-0.3, -0.25) is 0 Å². The minimum absolute atomic E-state index is 0.230. The van der Waals surface area contributed by atoms with Gasteiger partial charge in [0.2, 0.25) is 0 Å². The smallest absolute Gasteiger partial charge is 0.314 e. The van der Waals surface area contributed by atoms with Crippen molar-refractivity contribution in [1.82, 2.24) is 10.2 Å². The Morgan fingerprint density at radius 1 is 1.35 bits per heavy atom. The van der Waals surface area contributed by atoms with E-state index in [1.807, 2.05) is 0 Å². The van der Waals surface area contributed by atoms with E-state index in [4.69, 9.17) is 0 Å². The number of halogens is 3. The first kappa shape index (κ1) is 14.8. The van der Waals surface area contributed by atoms with Crippen LogP contribution in [0.2, 0.25) is 0 Å². The minimum Gasteiger partial charge on any atom is -0.314 e. The van der Waals surface area contributed by atoms with E-state index < -0.39 is 12.6 Å². The zero-order chi connectivity index (χ0) is 12.9. The van der Waals surface area contributed by atoms with E-state index >= 15 is 0 Å². The quantitative estimate of drug-likeness (QED) is 0.782. The Hall–Kier alpha value is -0.290. The fourth-order valence-electron chi connectivity index (χ4n) is 2.19. The third kappa shape index (κ3) is 6.88. The van der Waals surface area contributed by atoms with Crippen molar-refractivity contribution in [2.75, 3.05) is 26.2 Å². The third-order valence-corrected chi connectivity index (χ3v) is 3.12. The summed E-state index contributed by atoms with van der Waals surface area (Å²) in [5.41, 5.74) is 0. The van der Waals surface area contributed by atoms with E-state index in [9.17, 15) is 13.2 Å². The molecule has 0 bridgehead atoms. The van der Waals surface area contributed by atoms with Gasteiger partial charge in [0.25, 0.3) is 0 Å². The van der Waals surface area contributed by atoms with Crippen LogP contribution in [-0.4, -0.2) is 43.3 Å². The highest BCUT2D eigenvalue weighted by atomic mass is 19.4. The van der Waals surface area contributed by atoms with Crippen LogP contribution < -0.4 is 5.32 Å². The lowest BCUT2D eigenvalue weighted by molar-refractivity contribution is -0.136. The molecule has 1 heterocycles. The first-order valence-corrected chi connectivity index (χ1v) is 6.39. The Bertz CT molecular complexity index is 216. The lowest BCUT2D eigenvalue weighted by atomic mass is 10.1. The SMILES string of the molecule is CC(C)NCC1CCN(CCCC(F)(F)F)C1. The number of nitrogens with one attached hydrogen (secondary N) is 1. The molecule has 1 atom stereocenters. The molecule has 1 aliphatic rings. The van der Waals surface area contributed by atoms with Gasteiger partial charge in [-0.15, -0.1) is 0 Å². The van der Waals surface area contributed by atoms with Gasteiger partial charge in [0.1, 0.15) is 0 Å². The van der Waals surface area contributed by atoms with Crippen LogP contribution in [0.25, 0.3) is 0 Å². The average Bonchev–Trinajstić information content (AvgIpc) is 2.61. The Balaban J connectivity index is 2.09. The summed E-state index contributed by atoms with van der Waals surface area (Å²) in [6, 6.07) is 0.481. The molecule has 17 heavy (non-hydrogen) atoms. The van der Waals surface area contributed by atoms with Gasteiger partial charge in [-0.1, -0.05) is 13.8 Å². The van der Waals surface area contributed by atoms with Gasteiger partial charge in [-0.25, -0.2) is 0 Å². The maximum Gasteiger partial charge on any atom is 0.389 e. The molecular formula is C12H23F3N2. The standard InChI is InChI=1S/C12H23F3N2/c1-10(2)16-8-11-4-7-17(9-11)6-3-5-12(13,14)15/h10-11,16H,3-9H2,1-2H3.